The Morgan fingerprint density at radius 1 is 1.23 bits per heavy atom. The fourth-order valence-electron chi connectivity index (χ4n) is 1.79. The molecule has 0 saturated carbocycles. The average molecular weight is 437 g/mol. The van der Waals surface area contributed by atoms with Crippen molar-refractivity contribution in [3.63, 3.8) is 0 Å². The quantitative estimate of drug-likeness (QED) is 0.391. The monoisotopic (exact) mass is 437 g/mol. The summed E-state index contributed by atoms with van der Waals surface area (Å²) >= 11 is 1.84. The Hall–Kier alpha value is -0.470. The Morgan fingerprint density at radius 2 is 1.86 bits per heavy atom. The van der Waals surface area contributed by atoms with Gasteiger partial charge in [-0.05, 0) is 31.2 Å². The zero-order chi connectivity index (χ0) is 15.7. The maximum atomic E-state index is 5.23. The molecule has 0 saturated heterocycles. The zero-order valence-electron chi connectivity index (χ0n) is 14.1. The van der Waals surface area contributed by atoms with Crippen molar-refractivity contribution in [3.8, 4) is 0 Å². The summed E-state index contributed by atoms with van der Waals surface area (Å²) in [5.41, 5.74) is 2.43. The van der Waals surface area contributed by atoms with E-state index in [9.17, 15) is 0 Å². The lowest BCUT2D eigenvalue weighted by molar-refractivity contribution is 0.184. The fourth-order valence-corrected chi connectivity index (χ4v) is 2.01. The van der Waals surface area contributed by atoms with Crippen LogP contribution in [0.1, 0.15) is 25.0 Å². The largest absolute Gasteiger partial charge is 0.380 e. The van der Waals surface area contributed by atoms with Gasteiger partial charge in [0.2, 0.25) is 0 Å². The van der Waals surface area contributed by atoms with Crippen molar-refractivity contribution in [2.24, 2.45) is 4.99 Å². The number of ether oxygens (including phenoxy) is 1. The summed E-state index contributed by atoms with van der Waals surface area (Å²) in [5.74, 6) is 0.823. The second-order valence-corrected chi connectivity index (χ2v) is 6.96. The first kappa shape index (κ1) is 21.5. The number of benzene rings is 1. The van der Waals surface area contributed by atoms with Crippen LogP contribution in [0, 0.1) is 0 Å². The summed E-state index contributed by atoms with van der Waals surface area (Å²) in [6.07, 6.45) is 2.12. The molecule has 0 radical (unpaired) electrons. The second kappa shape index (κ2) is 11.1. The third kappa shape index (κ3) is 7.69. The van der Waals surface area contributed by atoms with E-state index < -0.39 is 0 Å². The number of halogens is 1. The van der Waals surface area contributed by atoms with Crippen LogP contribution in [0.5, 0.6) is 0 Å². The molecule has 1 aromatic carbocycles. The van der Waals surface area contributed by atoms with Crippen molar-refractivity contribution in [3.05, 3.63) is 35.4 Å². The number of rotatable bonds is 7. The molecule has 2 N–H and O–H groups in total. The van der Waals surface area contributed by atoms with E-state index >= 15 is 0 Å². The molecule has 0 unspecified atom stereocenters. The molecule has 1 rings (SSSR count). The Balaban J connectivity index is 0.00000441. The summed E-state index contributed by atoms with van der Waals surface area (Å²) in [7, 11) is 3.51. The number of methoxy groups -OCH3 is 1. The molecule has 0 aromatic heterocycles. The summed E-state index contributed by atoms with van der Waals surface area (Å²) in [6, 6.07) is 8.28. The van der Waals surface area contributed by atoms with E-state index in [4.69, 9.17) is 4.74 Å². The van der Waals surface area contributed by atoms with Crippen molar-refractivity contribution >= 4 is 41.7 Å². The molecular formula is C16H28IN3OS. The van der Waals surface area contributed by atoms with Gasteiger partial charge in [0.1, 0.15) is 0 Å². The Morgan fingerprint density at radius 3 is 2.41 bits per heavy atom. The lowest BCUT2D eigenvalue weighted by Crippen LogP contribution is -2.43. The molecule has 0 amide bonds. The smallest absolute Gasteiger partial charge is 0.191 e. The number of nitrogens with zero attached hydrogens (tertiary/aromatic N) is 1. The van der Waals surface area contributed by atoms with Crippen molar-refractivity contribution in [2.75, 3.05) is 27.0 Å². The molecule has 0 heterocycles. The van der Waals surface area contributed by atoms with Crippen LogP contribution in [0.4, 0.5) is 0 Å². The summed E-state index contributed by atoms with van der Waals surface area (Å²) < 4.78 is 5.42. The zero-order valence-corrected chi connectivity index (χ0v) is 17.2. The van der Waals surface area contributed by atoms with E-state index in [1.807, 2.05) is 23.9 Å². The maximum Gasteiger partial charge on any atom is 0.191 e. The van der Waals surface area contributed by atoms with Crippen LogP contribution < -0.4 is 10.6 Å². The molecule has 0 aliphatic carbocycles. The fraction of sp³-hybridized carbons (Fsp3) is 0.562. The van der Waals surface area contributed by atoms with Crippen LogP contribution in [-0.4, -0.2) is 37.7 Å². The minimum atomic E-state index is 0. The van der Waals surface area contributed by atoms with Gasteiger partial charge in [-0.3, -0.25) is 4.99 Å². The molecule has 0 atom stereocenters. The highest BCUT2D eigenvalue weighted by Crippen LogP contribution is 2.19. The third-order valence-electron chi connectivity index (χ3n) is 3.32. The topological polar surface area (TPSA) is 45.7 Å². The van der Waals surface area contributed by atoms with Crippen molar-refractivity contribution in [1.82, 2.24) is 10.6 Å². The van der Waals surface area contributed by atoms with Crippen LogP contribution >= 0.6 is 35.7 Å². The van der Waals surface area contributed by atoms with Gasteiger partial charge < -0.3 is 15.4 Å². The second-order valence-electron chi connectivity index (χ2n) is 5.44. The van der Waals surface area contributed by atoms with Crippen LogP contribution in [0.15, 0.2) is 29.3 Å². The third-order valence-corrected chi connectivity index (χ3v) is 4.57. The van der Waals surface area contributed by atoms with Crippen LogP contribution in [0.3, 0.4) is 0 Å². The van der Waals surface area contributed by atoms with Crippen LogP contribution in [0.25, 0.3) is 0 Å². The van der Waals surface area contributed by atoms with Crippen LogP contribution in [0.2, 0.25) is 0 Å². The standard InChI is InChI=1S/C16H27N3OS.HI/c1-16(2,21-5)12-19-15(17-3)18-10-13-8-6-7-9-14(13)11-20-4;/h6-9H,10-12H2,1-5H3,(H2,17,18,19);1H. The summed E-state index contributed by atoms with van der Waals surface area (Å²) in [5, 5.41) is 6.72. The Bertz CT molecular complexity index is 466. The number of aliphatic imine (C=N–C) groups is 1. The van der Waals surface area contributed by atoms with E-state index in [2.05, 4.69) is 47.9 Å². The Labute approximate surface area is 155 Å². The van der Waals surface area contributed by atoms with Gasteiger partial charge in [-0.1, -0.05) is 24.3 Å². The van der Waals surface area contributed by atoms with Gasteiger partial charge in [0.25, 0.3) is 0 Å². The first-order valence-electron chi connectivity index (χ1n) is 7.08. The lowest BCUT2D eigenvalue weighted by atomic mass is 10.1. The molecule has 0 bridgehead atoms. The molecule has 22 heavy (non-hydrogen) atoms. The van der Waals surface area contributed by atoms with Crippen molar-refractivity contribution in [2.45, 2.75) is 31.7 Å². The van der Waals surface area contributed by atoms with Gasteiger partial charge in [0, 0.05) is 32.0 Å². The highest BCUT2D eigenvalue weighted by Gasteiger charge is 2.16. The maximum absolute atomic E-state index is 5.23. The predicted octanol–water partition coefficient (Wildman–Crippen LogP) is 3.26. The van der Waals surface area contributed by atoms with E-state index in [1.54, 1.807) is 14.2 Å². The van der Waals surface area contributed by atoms with E-state index in [0.29, 0.717) is 6.61 Å². The number of guanidine groups is 1. The molecule has 6 heteroatoms. The van der Waals surface area contributed by atoms with E-state index in [-0.39, 0.29) is 28.7 Å². The predicted molar refractivity (Wildman–Crippen MR) is 108 cm³/mol. The van der Waals surface area contributed by atoms with Gasteiger partial charge in [-0.15, -0.1) is 24.0 Å². The summed E-state index contributed by atoms with van der Waals surface area (Å²) in [4.78, 5) is 4.27. The molecule has 0 aliphatic rings. The van der Waals surface area contributed by atoms with Gasteiger partial charge in [-0.2, -0.15) is 11.8 Å². The molecule has 0 spiro atoms. The van der Waals surface area contributed by atoms with Crippen molar-refractivity contribution in [1.29, 1.82) is 0 Å². The number of thioether (sulfide) groups is 1. The van der Waals surface area contributed by atoms with E-state index in [0.717, 1.165) is 19.0 Å². The average Bonchev–Trinajstić information content (AvgIpc) is 2.49. The summed E-state index contributed by atoms with van der Waals surface area (Å²) in [6.45, 7) is 6.66. The van der Waals surface area contributed by atoms with Gasteiger partial charge in [0.15, 0.2) is 5.96 Å². The number of hydrogen-bond acceptors (Lipinski definition) is 3. The molecule has 0 aliphatic heterocycles. The highest BCUT2D eigenvalue weighted by molar-refractivity contribution is 14.0. The highest BCUT2D eigenvalue weighted by atomic mass is 127. The number of hydrogen-bond donors (Lipinski definition) is 2. The lowest BCUT2D eigenvalue weighted by Gasteiger charge is -2.24. The van der Waals surface area contributed by atoms with Gasteiger partial charge in [0.05, 0.1) is 6.61 Å². The van der Waals surface area contributed by atoms with E-state index in [1.165, 1.54) is 11.1 Å². The molecule has 0 fully saturated rings. The molecule has 126 valence electrons. The minimum absolute atomic E-state index is 0. The first-order chi connectivity index (χ1) is 10.0. The van der Waals surface area contributed by atoms with Crippen molar-refractivity contribution < 1.29 is 4.74 Å². The molecule has 1 aromatic rings. The SMILES string of the molecule is CN=C(NCc1ccccc1COC)NCC(C)(C)SC.I. The number of nitrogens with one attached hydrogen (secondary N) is 2. The first-order valence-corrected chi connectivity index (χ1v) is 8.30. The molecule has 4 nitrogen and oxygen atoms in total. The van der Waals surface area contributed by atoms with Crippen LogP contribution in [-0.2, 0) is 17.9 Å². The Kier molecular flexibility index (Phi) is 10.9. The normalized spacial score (nSPS) is 11.8. The molecular weight excluding hydrogens is 409 g/mol. The minimum Gasteiger partial charge on any atom is -0.380 e. The van der Waals surface area contributed by atoms with Gasteiger partial charge in [-0.25, -0.2) is 0 Å². The van der Waals surface area contributed by atoms with Gasteiger partial charge >= 0.3 is 0 Å².